The Morgan fingerprint density at radius 2 is 2.45 bits per heavy atom. The molecule has 0 spiro atoms. The average molecular weight is 172 g/mol. The maximum absolute atomic E-state index is 4.93. The first-order chi connectivity index (χ1) is 5.25. The first-order valence-corrected chi connectivity index (χ1v) is 4.14. The van der Waals surface area contributed by atoms with Crippen molar-refractivity contribution in [1.29, 1.82) is 0 Å². The zero-order valence-corrected chi connectivity index (χ0v) is 7.56. The average Bonchev–Trinajstić information content (AvgIpc) is 2.29. The molecule has 1 unspecified atom stereocenters. The van der Waals surface area contributed by atoms with Crippen molar-refractivity contribution in [3.8, 4) is 0 Å². The molecule has 0 aromatic rings. The zero-order chi connectivity index (χ0) is 8.27. The van der Waals surface area contributed by atoms with E-state index in [2.05, 4.69) is 22.6 Å². The molecule has 0 aliphatic carbocycles. The normalized spacial score (nSPS) is 23.3. The Balaban J connectivity index is 2.39. The van der Waals surface area contributed by atoms with Gasteiger partial charge in [-0.2, -0.15) is 5.11 Å². The summed E-state index contributed by atoms with van der Waals surface area (Å²) in [6.45, 7) is 4.96. The molecular formula is C6H12N4S. The Kier molecular flexibility index (Phi) is 2.90. The highest BCUT2D eigenvalue weighted by molar-refractivity contribution is 7.80. The quantitative estimate of drug-likeness (QED) is 0.652. The first kappa shape index (κ1) is 8.55. The van der Waals surface area contributed by atoms with E-state index in [1.54, 1.807) is 5.01 Å². The van der Waals surface area contributed by atoms with E-state index in [9.17, 15) is 0 Å². The summed E-state index contributed by atoms with van der Waals surface area (Å²) in [5.41, 5.74) is 3.14. The number of hydrogen-bond acceptors (Lipinski definition) is 3. The number of hydrogen-bond donors (Lipinski definition) is 1. The Morgan fingerprint density at radius 3 is 2.91 bits per heavy atom. The van der Waals surface area contributed by atoms with Crippen molar-refractivity contribution in [2.24, 2.45) is 10.2 Å². The molecule has 1 rings (SSSR count). The minimum Gasteiger partial charge on any atom is -0.255 e. The predicted octanol–water partition coefficient (Wildman–Crippen LogP) is 1.30. The van der Waals surface area contributed by atoms with E-state index >= 15 is 0 Å². The van der Waals surface area contributed by atoms with Gasteiger partial charge < -0.3 is 0 Å². The second kappa shape index (κ2) is 3.73. The fourth-order valence-electron chi connectivity index (χ4n) is 0.825. The molecule has 4 nitrogen and oxygen atoms in total. The molecule has 0 bridgehead atoms. The van der Waals surface area contributed by atoms with Crippen molar-refractivity contribution in [3.63, 3.8) is 0 Å². The van der Waals surface area contributed by atoms with Gasteiger partial charge in [0, 0.05) is 6.54 Å². The minimum atomic E-state index is 0.0500. The van der Waals surface area contributed by atoms with E-state index in [4.69, 9.17) is 12.2 Å². The summed E-state index contributed by atoms with van der Waals surface area (Å²) in [5, 5.41) is 10.0. The van der Waals surface area contributed by atoms with Crippen molar-refractivity contribution in [2.75, 3.05) is 6.54 Å². The molecule has 5 heteroatoms. The second-order valence-corrected chi connectivity index (χ2v) is 2.77. The Labute approximate surface area is 71.6 Å². The third kappa shape index (κ3) is 1.94. The second-order valence-electron chi connectivity index (χ2n) is 2.41. The Bertz CT molecular complexity index is 179. The van der Waals surface area contributed by atoms with E-state index < -0.39 is 0 Å². The summed E-state index contributed by atoms with van der Waals surface area (Å²) in [5.74, 6) is 0. The maximum Gasteiger partial charge on any atom is 0.232 e. The lowest BCUT2D eigenvalue weighted by atomic mass is 10.5. The number of nitrogens with zero attached hydrogens (tertiary/aromatic N) is 3. The van der Waals surface area contributed by atoms with Gasteiger partial charge in [0.25, 0.3) is 0 Å². The Morgan fingerprint density at radius 1 is 1.73 bits per heavy atom. The number of nitrogens with one attached hydrogen (secondary N) is 1. The van der Waals surface area contributed by atoms with Crippen LogP contribution in [0.4, 0.5) is 0 Å². The van der Waals surface area contributed by atoms with Gasteiger partial charge in [-0.15, -0.1) is 5.11 Å². The summed E-state index contributed by atoms with van der Waals surface area (Å²) < 4.78 is 0. The molecule has 1 atom stereocenters. The van der Waals surface area contributed by atoms with E-state index in [1.807, 2.05) is 6.92 Å². The fraction of sp³-hybridized carbons (Fsp3) is 0.833. The van der Waals surface area contributed by atoms with Crippen LogP contribution in [-0.4, -0.2) is 22.8 Å². The van der Waals surface area contributed by atoms with Crippen LogP contribution in [0.15, 0.2) is 10.2 Å². The van der Waals surface area contributed by atoms with Crippen LogP contribution in [0.5, 0.6) is 0 Å². The van der Waals surface area contributed by atoms with Gasteiger partial charge in [-0.25, -0.2) is 5.43 Å². The molecule has 1 heterocycles. The smallest absolute Gasteiger partial charge is 0.232 e. The van der Waals surface area contributed by atoms with Crippen molar-refractivity contribution in [3.05, 3.63) is 0 Å². The van der Waals surface area contributed by atoms with E-state index in [-0.39, 0.29) is 6.17 Å². The third-order valence-corrected chi connectivity index (χ3v) is 1.70. The molecular weight excluding hydrogens is 160 g/mol. The predicted molar refractivity (Wildman–Crippen MR) is 47.0 cm³/mol. The lowest BCUT2D eigenvalue weighted by Gasteiger charge is -2.20. The summed E-state index contributed by atoms with van der Waals surface area (Å²) in [6, 6.07) is 0. The van der Waals surface area contributed by atoms with Crippen LogP contribution in [0.2, 0.25) is 0 Å². The van der Waals surface area contributed by atoms with Gasteiger partial charge in [-0.05, 0) is 25.6 Å². The van der Waals surface area contributed by atoms with Crippen LogP contribution >= 0.6 is 12.2 Å². The van der Waals surface area contributed by atoms with Gasteiger partial charge in [-0.3, -0.25) is 5.01 Å². The molecule has 1 N–H and O–H groups in total. The van der Waals surface area contributed by atoms with Gasteiger partial charge in [0.15, 0.2) is 6.17 Å². The lowest BCUT2D eigenvalue weighted by molar-refractivity contribution is 0.265. The number of thiocarbonyl (C=S) groups is 1. The van der Waals surface area contributed by atoms with Gasteiger partial charge in [0.05, 0.1) is 0 Å². The van der Waals surface area contributed by atoms with Crippen LogP contribution < -0.4 is 5.43 Å². The van der Waals surface area contributed by atoms with Crippen LogP contribution in [0.1, 0.15) is 20.3 Å². The molecule has 0 saturated heterocycles. The minimum absolute atomic E-state index is 0.0500. The number of azo groups is 1. The molecule has 0 saturated carbocycles. The van der Waals surface area contributed by atoms with Gasteiger partial charge in [-0.1, -0.05) is 6.92 Å². The van der Waals surface area contributed by atoms with Gasteiger partial charge in [0.2, 0.25) is 5.11 Å². The van der Waals surface area contributed by atoms with Crippen LogP contribution in [0.25, 0.3) is 0 Å². The van der Waals surface area contributed by atoms with Gasteiger partial charge >= 0.3 is 0 Å². The summed E-state index contributed by atoms with van der Waals surface area (Å²) in [6.07, 6.45) is 1.13. The summed E-state index contributed by atoms with van der Waals surface area (Å²) in [7, 11) is 0. The highest BCUT2D eigenvalue weighted by Crippen LogP contribution is 2.08. The molecule has 0 fully saturated rings. The monoisotopic (exact) mass is 172 g/mol. The number of rotatable bonds is 3. The highest BCUT2D eigenvalue weighted by atomic mass is 32.1. The fourth-order valence-corrected chi connectivity index (χ4v) is 1.09. The molecule has 11 heavy (non-hydrogen) atoms. The molecule has 62 valence electrons. The van der Waals surface area contributed by atoms with E-state index in [0.29, 0.717) is 5.11 Å². The molecule has 0 aromatic carbocycles. The SMILES string of the molecule is CCCNN1C(=S)N=NC1C. The topological polar surface area (TPSA) is 40.0 Å². The largest absolute Gasteiger partial charge is 0.255 e. The third-order valence-electron chi connectivity index (χ3n) is 1.42. The lowest BCUT2D eigenvalue weighted by Crippen LogP contribution is -2.43. The molecule has 0 amide bonds. The van der Waals surface area contributed by atoms with Crippen LogP contribution in [0.3, 0.4) is 0 Å². The van der Waals surface area contributed by atoms with Crippen molar-refractivity contribution >= 4 is 17.3 Å². The summed E-state index contributed by atoms with van der Waals surface area (Å²) in [4.78, 5) is 0. The van der Waals surface area contributed by atoms with Crippen molar-refractivity contribution < 1.29 is 0 Å². The van der Waals surface area contributed by atoms with Crippen molar-refractivity contribution in [1.82, 2.24) is 10.4 Å². The molecule has 1 aliphatic heterocycles. The standard InChI is InChI=1S/C6H12N4S/c1-3-4-7-10-5(2)8-9-6(10)11/h5,7H,3-4H2,1-2H3. The molecule has 1 aliphatic rings. The maximum atomic E-state index is 4.93. The van der Waals surface area contributed by atoms with Crippen molar-refractivity contribution in [2.45, 2.75) is 26.4 Å². The van der Waals surface area contributed by atoms with E-state index in [0.717, 1.165) is 13.0 Å². The molecule has 0 radical (unpaired) electrons. The summed E-state index contributed by atoms with van der Waals surface area (Å²) >= 11 is 4.93. The Hall–Kier alpha value is -0.550. The zero-order valence-electron chi connectivity index (χ0n) is 6.74. The molecule has 0 aromatic heterocycles. The van der Waals surface area contributed by atoms with E-state index in [1.165, 1.54) is 0 Å². The highest BCUT2D eigenvalue weighted by Gasteiger charge is 2.20. The van der Waals surface area contributed by atoms with Crippen LogP contribution in [0, 0.1) is 0 Å². The number of hydrazine groups is 1. The first-order valence-electron chi connectivity index (χ1n) is 3.73. The van der Waals surface area contributed by atoms with Crippen LogP contribution in [-0.2, 0) is 0 Å². The van der Waals surface area contributed by atoms with Gasteiger partial charge in [0.1, 0.15) is 0 Å².